The molecule has 0 aromatic heterocycles. The molecule has 0 unspecified atom stereocenters. The molecule has 0 amide bonds. The lowest BCUT2D eigenvalue weighted by molar-refractivity contribution is 0.414. The summed E-state index contributed by atoms with van der Waals surface area (Å²) in [6, 6.07) is 8.46. The Kier molecular flexibility index (Phi) is 3.42. The molecular weight excluding hydrogens is 256 g/mol. The predicted octanol–water partition coefficient (Wildman–Crippen LogP) is 3.04. The molecule has 4 heteroatoms. The quantitative estimate of drug-likeness (QED) is 0.812. The third-order valence-corrected chi connectivity index (χ3v) is 4.07. The second-order valence-electron chi connectivity index (χ2n) is 5.02. The number of thiocarbonyl (C=S) groups is 1. The first-order chi connectivity index (χ1) is 9.28. The van der Waals surface area contributed by atoms with Crippen molar-refractivity contribution in [3.8, 4) is 5.75 Å². The highest BCUT2D eigenvalue weighted by molar-refractivity contribution is 7.80. The van der Waals surface area contributed by atoms with Crippen LogP contribution in [0.1, 0.15) is 37.3 Å². The van der Waals surface area contributed by atoms with E-state index in [1.165, 1.54) is 29.7 Å². The van der Waals surface area contributed by atoms with Crippen molar-refractivity contribution in [3.63, 3.8) is 0 Å². The summed E-state index contributed by atoms with van der Waals surface area (Å²) in [6.07, 6.45) is 4.78. The SMILES string of the molecule is COc1ccc([C@@H]2NC(=S)NC3=C2CCCC3)cc1. The molecule has 2 N–H and O–H groups in total. The van der Waals surface area contributed by atoms with Crippen molar-refractivity contribution in [1.29, 1.82) is 0 Å². The standard InChI is InChI=1S/C15H18N2OS/c1-18-11-8-6-10(7-9-11)14-12-4-2-3-5-13(12)16-15(19)17-14/h6-9,14H,2-5H2,1H3,(H2,16,17,19)/t14-/m0/s1. The van der Waals surface area contributed by atoms with Gasteiger partial charge in [-0.1, -0.05) is 12.1 Å². The van der Waals surface area contributed by atoms with Crippen LogP contribution in [0.15, 0.2) is 35.5 Å². The van der Waals surface area contributed by atoms with Gasteiger partial charge < -0.3 is 15.4 Å². The average Bonchev–Trinajstić information content (AvgIpc) is 2.46. The second-order valence-corrected chi connectivity index (χ2v) is 5.42. The van der Waals surface area contributed by atoms with Gasteiger partial charge in [0.05, 0.1) is 13.2 Å². The number of hydrogen-bond donors (Lipinski definition) is 2. The van der Waals surface area contributed by atoms with E-state index in [1.54, 1.807) is 7.11 Å². The van der Waals surface area contributed by atoms with Crippen LogP contribution in [0.5, 0.6) is 5.75 Å². The van der Waals surface area contributed by atoms with E-state index in [0.717, 1.165) is 23.7 Å². The molecule has 1 atom stereocenters. The van der Waals surface area contributed by atoms with Crippen LogP contribution >= 0.6 is 12.2 Å². The molecule has 3 rings (SSSR count). The Balaban J connectivity index is 1.94. The number of allylic oxidation sites excluding steroid dienone is 1. The molecule has 3 nitrogen and oxygen atoms in total. The van der Waals surface area contributed by atoms with Crippen LogP contribution in [0.2, 0.25) is 0 Å². The minimum Gasteiger partial charge on any atom is -0.497 e. The van der Waals surface area contributed by atoms with Crippen molar-refractivity contribution in [2.75, 3.05) is 7.11 Å². The summed E-state index contributed by atoms with van der Waals surface area (Å²) in [4.78, 5) is 0. The number of ether oxygens (including phenoxy) is 1. The van der Waals surface area contributed by atoms with Crippen molar-refractivity contribution >= 4 is 17.3 Å². The highest BCUT2D eigenvalue weighted by Gasteiger charge is 2.27. The number of methoxy groups -OCH3 is 1. The van der Waals surface area contributed by atoms with Gasteiger partial charge in [0.25, 0.3) is 0 Å². The molecule has 1 aromatic carbocycles. The Morgan fingerprint density at radius 3 is 2.63 bits per heavy atom. The zero-order valence-corrected chi connectivity index (χ0v) is 11.8. The molecule has 0 radical (unpaired) electrons. The van der Waals surface area contributed by atoms with E-state index in [9.17, 15) is 0 Å². The van der Waals surface area contributed by atoms with E-state index >= 15 is 0 Å². The monoisotopic (exact) mass is 274 g/mol. The molecule has 1 aliphatic heterocycles. The Morgan fingerprint density at radius 1 is 1.16 bits per heavy atom. The molecule has 19 heavy (non-hydrogen) atoms. The fourth-order valence-electron chi connectivity index (χ4n) is 2.86. The third kappa shape index (κ3) is 2.45. The molecule has 0 saturated carbocycles. The van der Waals surface area contributed by atoms with Crippen LogP contribution in [-0.4, -0.2) is 12.2 Å². The summed E-state index contributed by atoms with van der Waals surface area (Å²) in [5.41, 5.74) is 4.04. The van der Waals surface area contributed by atoms with Gasteiger partial charge in [-0.05, 0) is 61.2 Å². The number of rotatable bonds is 2. The predicted molar refractivity (Wildman–Crippen MR) is 80.1 cm³/mol. The Bertz CT molecular complexity index is 521. The zero-order chi connectivity index (χ0) is 13.2. The molecule has 0 spiro atoms. The van der Waals surface area contributed by atoms with Gasteiger partial charge in [0.2, 0.25) is 0 Å². The van der Waals surface area contributed by atoms with E-state index in [4.69, 9.17) is 17.0 Å². The fourth-order valence-corrected chi connectivity index (χ4v) is 3.10. The lowest BCUT2D eigenvalue weighted by atomic mass is 9.86. The minimum atomic E-state index is 0.218. The molecule has 0 bridgehead atoms. The van der Waals surface area contributed by atoms with Crippen LogP contribution in [0.25, 0.3) is 0 Å². The van der Waals surface area contributed by atoms with Gasteiger partial charge in [-0.25, -0.2) is 0 Å². The maximum Gasteiger partial charge on any atom is 0.171 e. The molecule has 0 fully saturated rings. The third-order valence-electron chi connectivity index (χ3n) is 3.85. The maximum atomic E-state index is 5.32. The number of hydrogen-bond acceptors (Lipinski definition) is 2. The van der Waals surface area contributed by atoms with E-state index in [0.29, 0.717) is 0 Å². The zero-order valence-electron chi connectivity index (χ0n) is 11.0. The largest absolute Gasteiger partial charge is 0.497 e. The topological polar surface area (TPSA) is 33.3 Å². The Morgan fingerprint density at radius 2 is 1.89 bits per heavy atom. The van der Waals surface area contributed by atoms with Crippen LogP contribution < -0.4 is 15.4 Å². The first kappa shape index (κ1) is 12.5. The molecule has 2 aliphatic rings. The lowest BCUT2D eigenvalue weighted by Crippen LogP contribution is -2.44. The molecular formula is C15H18N2OS. The van der Waals surface area contributed by atoms with E-state index in [-0.39, 0.29) is 6.04 Å². The second kappa shape index (κ2) is 5.21. The van der Waals surface area contributed by atoms with E-state index in [2.05, 4.69) is 22.8 Å². The smallest absolute Gasteiger partial charge is 0.171 e. The minimum absolute atomic E-state index is 0.218. The molecule has 0 saturated heterocycles. The van der Waals surface area contributed by atoms with Gasteiger partial charge in [-0.2, -0.15) is 0 Å². The first-order valence-corrected chi connectivity index (χ1v) is 7.12. The molecule has 1 aliphatic carbocycles. The average molecular weight is 274 g/mol. The summed E-state index contributed by atoms with van der Waals surface area (Å²) < 4.78 is 5.21. The van der Waals surface area contributed by atoms with Gasteiger partial charge in [0.15, 0.2) is 5.11 Å². The van der Waals surface area contributed by atoms with Crippen molar-refractivity contribution in [2.45, 2.75) is 31.7 Å². The van der Waals surface area contributed by atoms with Gasteiger partial charge in [0.1, 0.15) is 5.75 Å². The fraction of sp³-hybridized carbons (Fsp3) is 0.400. The maximum absolute atomic E-state index is 5.32. The van der Waals surface area contributed by atoms with Crippen LogP contribution in [0.4, 0.5) is 0 Å². The Hall–Kier alpha value is -1.55. The molecule has 1 aromatic rings. The van der Waals surface area contributed by atoms with Gasteiger partial charge >= 0.3 is 0 Å². The van der Waals surface area contributed by atoms with E-state index in [1.807, 2.05) is 12.1 Å². The first-order valence-electron chi connectivity index (χ1n) is 6.71. The highest BCUT2D eigenvalue weighted by atomic mass is 32.1. The van der Waals surface area contributed by atoms with Crippen molar-refractivity contribution < 1.29 is 4.74 Å². The highest BCUT2D eigenvalue weighted by Crippen LogP contribution is 2.35. The van der Waals surface area contributed by atoms with Crippen molar-refractivity contribution in [2.24, 2.45) is 0 Å². The van der Waals surface area contributed by atoms with Gasteiger partial charge in [-0.15, -0.1) is 0 Å². The van der Waals surface area contributed by atoms with Crippen LogP contribution in [-0.2, 0) is 0 Å². The summed E-state index contributed by atoms with van der Waals surface area (Å²) >= 11 is 5.32. The van der Waals surface area contributed by atoms with Gasteiger partial charge in [-0.3, -0.25) is 0 Å². The summed E-state index contributed by atoms with van der Waals surface area (Å²) in [6.45, 7) is 0. The molecule has 100 valence electrons. The van der Waals surface area contributed by atoms with Crippen LogP contribution in [0.3, 0.4) is 0 Å². The lowest BCUT2D eigenvalue weighted by Gasteiger charge is -2.34. The van der Waals surface area contributed by atoms with Crippen molar-refractivity contribution in [3.05, 3.63) is 41.1 Å². The van der Waals surface area contributed by atoms with Crippen molar-refractivity contribution in [1.82, 2.24) is 10.6 Å². The number of benzene rings is 1. The number of nitrogens with one attached hydrogen (secondary N) is 2. The summed E-state index contributed by atoms with van der Waals surface area (Å²) in [5, 5.41) is 7.44. The normalized spacial score (nSPS) is 22.4. The van der Waals surface area contributed by atoms with E-state index < -0.39 is 0 Å². The van der Waals surface area contributed by atoms with Gasteiger partial charge in [0, 0.05) is 5.70 Å². The summed E-state index contributed by atoms with van der Waals surface area (Å²) in [7, 11) is 1.69. The Labute approximate surface area is 119 Å². The van der Waals surface area contributed by atoms with Crippen LogP contribution in [0, 0.1) is 0 Å². The summed E-state index contributed by atoms with van der Waals surface area (Å²) in [5.74, 6) is 0.887. The molecule has 1 heterocycles.